The summed E-state index contributed by atoms with van der Waals surface area (Å²) in [5.74, 6) is 1.67. The molecule has 0 aliphatic carbocycles. The van der Waals surface area contributed by atoms with E-state index in [0.717, 1.165) is 43.3 Å². The normalized spacial score (nSPS) is 19.3. The predicted octanol–water partition coefficient (Wildman–Crippen LogP) is 2.63. The van der Waals surface area contributed by atoms with Gasteiger partial charge in [0.25, 0.3) is 0 Å². The molecule has 3 aromatic heterocycles. The van der Waals surface area contributed by atoms with Gasteiger partial charge >= 0.3 is 0 Å². The van der Waals surface area contributed by atoms with Crippen molar-refractivity contribution < 1.29 is 0 Å². The van der Waals surface area contributed by atoms with Crippen LogP contribution >= 0.6 is 11.6 Å². The Balaban J connectivity index is 1.51. The summed E-state index contributed by atoms with van der Waals surface area (Å²) in [4.78, 5) is 16.1. The Hall–Kier alpha value is -2.18. The second kappa shape index (κ2) is 5.68. The Bertz CT molecular complexity index is 932. The first-order valence-corrected chi connectivity index (χ1v) is 9.02. The summed E-state index contributed by atoms with van der Waals surface area (Å²) in [7, 11) is 0. The Labute approximate surface area is 150 Å². The fraction of sp³-hybridized carbons (Fsp3) is 0.389. The zero-order valence-electron chi connectivity index (χ0n) is 13.8. The number of rotatable bonds is 2. The molecule has 128 valence electrons. The van der Waals surface area contributed by atoms with Crippen LogP contribution in [0.4, 0.5) is 5.82 Å². The molecule has 0 atom stereocenters. The van der Waals surface area contributed by atoms with Crippen molar-refractivity contribution in [3.8, 4) is 11.5 Å². The Morgan fingerprint density at radius 1 is 1.16 bits per heavy atom. The number of aromatic nitrogens is 4. The van der Waals surface area contributed by atoms with Crippen molar-refractivity contribution >= 4 is 23.1 Å². The predicted molar refractivity (Wildman–Crippen MR) is 98.0 cm³/mol. The van der Waals surface area contributed by atoms with E-state index < -0.39 is 0 Å². The third-order valence-corrected chi connectivity index (χ3v) is 5.55. The van der Waals surface area contributed by atoms with Crippen LogP contribution in [-0.4, -0.2) is 45.5 Å². The van der Waals surface area contributed by atoms with Crippen LogP contribution in [0.25, 0.3) is 17.2 Å². The van der Waals surface area contributed by atoms with Gasteiger partial charge in [0, 0.05) is 44.0 Å². The maximum absolute atomic E-state index is 6.14. The van der Waals surface area contributed by atoms with Crippen molar-refractivity contribution in [1.29, 1.82) is 0 Å². The summed E-state index contributed by atoms with van der Waals surface area (Å²) in [6.45, 7) is 4.35. The van der Waals surface area contributed by atoms with Gasteiger partial charge in [-0.1, -0.05) is 11.6 Å². The van der Waals surface area contributed by atoms with Crippen LogP contribution in [-0.2, 0) is 0 Å². The van der Waals surface area contributed by atoms with Crippen LogP contribution in [0.5, 0.6) is 0 Å². The van der Waals surface area contributed by atoms with E-state index in [1.807, 2.05) is 35.0 Å². The highest BCUT2D eigenvalue weighted by Crippen LogP contribution is 2.35. The van der Waals surface area contributed by atoms with E-state index in [9.17, 15) is 0 Å². The summed E-state index contributed by atoms with van der Waals surface area (Å²) in [6, 6.07) is 5.74. The molecule has 6 nitrogen and oxygen atoms in total. The SMILES string of the molecule is Clc1ccc2ncc(-c3nccc(N4CCCC5(CNC5)C4)n3)n2c1. The third kappa shape index (κ3) is 2.56. The second-order valence-corrected chi connectivity index (χ2v) is 7.52. The molecule has 25 heavy (non-hydrogen) atoms. The maximum atomic E-state index is 6.14. The van der Waals surface area contributed by atoms with E-state index in [2.05, 4.69) is 20.2 Å². The van der Waals surface area contributed by atoms with Gasteiger partial charge in [-0.2, -0.15) is 0 Å². The largest absolute Gasteiger partial charge is 0.356 e. The van der Waals surface area contributed by atoms with Gasteiger partial charge in [0.05, 0.1) is 11.2 Å². The second-order valence-electron chi connectivity index (χ2n) is 7.09. The molecule has 5 heterocycles. The van der Waals surface area contributed by atoms with Gasteiger partial charge < -0.3 is 10.2 Å². The molecule has 5 rings (SSSR count). The summed E-state index contributed by atoms with van der Waals surface area (Å²) in [5.41, 5.74) is 2.13. The van der Waals surface area contributed by atoms with Crippen LogP contribution in [0.15, 0.2) is 36.8 Å². The van der Waals surface area contributed by atoms with Gasteiger partial charge in [0.2, 0.25) is 0 Å². The van der Waals surface area contributed by atoms with E-state index >= 15 is 0 Å². The molecular formula is C18H19ClN6. The van der Waals surface area contributed by atoms with Gasteiger partial charge in [-0.05, 0) is 31.0 Å². The molecule has 0 bridgehead atoms. The number of nitrogens with zero attached hydrogens (tertiary/aromatic N) is 5. The lowest BCUT2D eigenvalue weighted by atomic mass is 9.75. The Kier molecular flexibility index (Phi) is 3.43. The Morgan fingerprint density at radius 3 is 2.92 bits per heavy atom. The standard InChI is InChI=1S/C18H19ClN6/c19-13-2-3-15-22-8-14(25(15)9-13)17-21-6-4-16(23-17)24-7-1-5-18(12-24)10-20-11-18/h2-4,6,8-9,20H,1,5,7,10-12H2. The van der Waals surface area contributed by atoms with Crippen molar-refractivity contribution in [2.75, 3.05) is 31.1 Å². The van der Waals surface area contributed by atoms with Crippen LogP contribution in [0, 0.1) is 5.41 Å². The molecule has 0 radical (unpaired) electrons. The van der Waals surface area contributed by atoms with Crippen molar-refractivity contribution in [3.05, 3.63) is 41.8 Å². The molecule has 0 saturated carbocycles. The zero-order valence-corrected chi connectivity index (χ0v) is 14.6. The van der Waals surface area contributed by atoms with E-state index in [1.54, 1.807) is 6.20 Å². The number of anilines is 1. The molecule has 2 aliphatic rings. The number of pyridine rings is 1. The number of hydrogen-bond donors (Lipinski definition) is 1. The average molecular weight is 355 g/mol. The smallest absolute Gasteiger partial charge is 0.180 e. The first kappa shape index (κ1) is 15.1. The number of fused-ring (bicyclic) bond motifs is 1. The van der Waals surface area contributed by atoms with Crippen molar-refractivity contribution in [2.45, 2.75) is 12.8 Å². The lowest BCUT2D eigenvalue weighted by Crippen LogP contribution is -2.61. The molecule has 0 unspecified atom stereocenters. The van der Waals surface area contributed by atoms with E-state index in [-0.39, 0.29) is 0 Å². The summed E-state index contributed by atoms with van der Waals surface area (Å²) in [5, 5.41) is 4.08. The van der Waals surface area contributed by atoms with Gasteiger partial charge in [-0.3, -0.25) is 4.40 Å². The third-order valence-electron chi connectivity index (χ3n) is 5.32. The molecular weight excluding hydrogens is 336 g/mol. The number of piperidine rings is 1. The number of imidazole rings is 1. The lowest BCUT2D eigenvalue weighted by molar-refractivity contribution is 0.138. The topological polar surface area (TPSA) is 58.4 Å². The first-order chi connectivity index (χ1) is 12.2. The zero-order chi connectivity index (χ0) is 16.9. The van der Waals surface area contributed by atoms with E-state index in [1.165, 1.54) is 12.8 Å². The van der Waals surface area contributed by atoms with Crippen LogP contribution < -0.4 is 10.2 Å². The monoisotopic (exact) mass is 354 g/mol. The molecule has 0 aromatic carbocycles. The summed E-state index contributed by atoms with van der Waals surface area (Å²) < 4.78 is 1.94. The first-order valence-electron chi connectivity index (χ1n) is 8.64. The van der Waals surface area contributed by atoms with Crippen molar-refractivity contribution in [3.63, 3.8) is 0 Å². The number of nitrogens with one attached hydrogen (secondary N) is 1. The van der Waals surface area contributed by atoms with Gasteiger partial charge in [0.1, 0.15) is 17.2 Å². The molecule has 1 spiro atoms. The fourth-order valence-electron chi connectivity index (χ4n) is 3.94. The fourth-order valence-corrected chi connectivity index (χ4v) is 4.10. The number of hydrogen-bond acceptors (Lipinski definition) is 5. The number of halogens is 1. The molecule has 0 amide bonds. The average Bonchev–Trinajstić information content (AvgIpc) is 3.03. The van der Waals surface area contributed by atoms with Crippen molar-refractivity contribution in [1.82, 2.24) is 24.7 Å². The Morgan fingerprint density at radius 2 is 2.08 bits per heavy atom. The molecule has 2 fully saturated rings. The van der Waals surface area contributed by atoms with E-state index in [4.69, 9.17) is 16.6 Å². The van der Waals surface area contributed by atoms with E-state index in [0.29, 0.717) is 16.3 Å². The lowest BCUT2D eigenvalue weighted by Gasteiger charge is -2.49. The highest BCUT2D eigenvalue weighted by molar-refractivity contribution is 6.30. The highest BCUT2D eigenvalue weighted by Gasteiger charge is 2.40. The minimum absolute atomic E-state index is 0.431. The maximum Gasteiger partial charge on any atom is 0.180 e. The quantitative estimate of drug-likeness (QED) is 0.766. The van der Waals surface area contributed by atoms with Crippen LogP contribution in [0.3, 0.4) is 0 Å². The van der Waals surface area contributed by atoms with Gasteiger partial charge in [-0.25, -0.2) is 15.0 Å². The van der Waals surface area contributed by atoms with Crippen molar-refractivity contribution in [2.24, 2.45) is 5.41 Å². The molecule has 3 aromatic rings. The minimum atomic E-state index is 0.431. The highest BCUT2D eigenvalue weighted by atomic mass is 35.5. The van der Waals surface area contributed by atoms with Crippen LogP contribution in [0.2, 0.25) is 5.02 Å². The summed E-state index contributed by atoms with van der Waals surface area (Å²) in [6.07, 6.45) is 8.01. The molecule has 7 heteroatoms. The van der Waals surface area contributed by atoms with Gasteiger partial charge in [-0.15, -0.1) is 0 Å². The van der Waals surface area contributed by atoms with Crippen LogP contribution in [0.1, 0.15) is 12.8 Å². The molecule has 1 N–H and O–H groups in total. The molecule has 2 aliphatic heterocycles. The minimum Gasteiger partial charge on any atom is -0.356 e. The molecule has 2 saturated heterocycles. The summed E-state index contributed by atoms with van der Waals surface area (Å²) >= 11 is 6.14. The van der Waals surface area contributed by atoms with Gasteiger partial charge in [0.15, 0.2) is 5.82 Å².